The van der Waals surface area contributed by atoms with Gasteiger partial charge in [-0.15, -0.1) is 35.3 Å². The number of rotatable bonds is 4. The van der Waals surface area contributed by atoms with Crippen molar-refractivity contribution in [1.29, 1.82) is 0 Å². The predicted molar refractivity (Wildman–Crippen MR) is 105 cm³/mol. The van der Waals surface area contributed by atoms with Crippen molar-refractivity contribution >= 4 is 51.5 Å². The van der Waals surface area contributed by atoms with Crippen molar-refractivity contribution in [1.82, 2.24) is 9.88 Å². The van der Waals surface area contributed by atoms with Crippen molar-refractivity contribution in [2.75, 3.05) is 19.6 Å². The highest BCUT2D eigenvalue weighted by Gasteiger charge is 2.11. The van der Waals surface area contributed by atoms with E-state index in [-0.39, 0.29) is 24.0 Å². The molecule has 1 aromatic heterocycles. The highest BCUT2D eigenvalue weighted by molar-refractivity contribution is 14.0. The minimum Gasteiger partial charge on any atom is -0.370 e. The smallest absolute Gasteiger partial charge is 0.191 e. The zero-order valence-electron chi connectivity index (χ0n) is 12.7. The summed E-state index contributed by atoms with van der Waals surface area (Å²) in [6, 6.07) is 8.30. The van der Waals surface area contributed by atoms with E-state index < -0.39 is 0 Å². The van der Waals surface area contributed by atoms with Crippen molar-refractivity contribution in [2.45, 2.75) is 32.1 Å². The number of aryl methyl sites for hydroxylation is 1. The Hall–Kier alpha value is -0.890. The molecule has 22 heavy (non-hydrogen) atoms. The van der Waals surface area contributed by atoms with Crippen LogP contribution in [0.5, 0.6) is 0 Å². The van der Waals surface area contributed by atoms with Crippen LogP contribution in [-0.2, 0) is 6.42 Å². The maximum atomic E-state index is 6.05. The van der Waals surface area contributed by atoms with Crippen LogP contribution in [0.1, 0.15) is 30.7 Å². The Morgan fingerprint density at radius 2 is 2.00 bits per heavy atom. The summed E-state index contributed by atoms with van der Waals surface area (Å²) < 4.78 is 1.27. The molecule has 1 aliphatic rings. The van der Waals surface area contributed by atoms with Crippen LogP contribution in [0.15, 0.2) is 29.3 Å². The second-order valence-electron chi connectivity index (χ2n) is 5.47. The van der Waals surface area contributed by atoms with Crippen LogP contribution < -0.4 is 5.73 Å². The molecule has 2 N–H and O–H groups in total. The van der Waals surface area contributed by atoms with Crippen molar-refractivity contribution in [3.05, 3.63) is 29.3 Å². The molecule has 6 heteroatoms. The van der Waals surface area contributed by atoms with Gasteiger partial charge in [-0.3, -0.25) is 4.99 Å². The van der Waals surface area contributed by atoms with Crippen LogP contribution in [0.2, 0.25) is 0 Å². The minimum absolute atomic E-state index is 0. The molecule has 4 nitrogen and oxygen atoms in total. The number of thiazole rings is 1. The van der Waals surface area contributed by atoms with Gasteiger partial charge < -0.3 is 10.6 Å². The zero-order chi connectivity index (χ0) is 14.5. The van der Waals surface area contributed by atoms with Crippen LogP contribution in [-0.4, -0.2) is 35.5 Å². The summed E-state index contributed by atoms with van der Waals surface area (Å²) in [5, 5.41) is 1.20. The molecule has 0 atom stereocenters. The summed E-state index contributed by atoms with van der Waals surface area (Å²) in [6.07, 6.45) is 5.79. The quantitative estimate of drug-likeness (QED) is 0.349. The van der Waals surface area contributed by atoms with Gasteiger partial charge in [0.1, 0.15) is 0 Å². The van der Waals surface area contributed by atoms with Gasteiger partial charge in [0.15, 0.2) is 5.96 Å². The number of nitrogens with two attached hydrogens (primary N) is 1. The third kappa shape index (κ3) is 4.55. The van der Waals surface area contributed by atoms with Crippen molar-refractivity contribution in [3.63, 3.8) is 0 Å². The molecule has 0 saturated carbocycles. The first-order valence-corrected chi connectivity index (χ1v) is 8.54. The lowest BCUT2D eigenvalue weighted by Crippen LogP contribution is -2.40. The van der Waals surface area contributed by atoms with Gasteiger partial charge in [0.2, 0.25) is 0 Å². The summed E-state index contributed by atoms with van der Waals surface area (Å²) in [7, 11) is 0. The van der Waals surface area contributed by atoms with Gasteiger partial charge in [-0.25, -0.2) is 4.98 Å². The number of nitrogens with zero attached hydrogens (tertiary/aromatic N) is 3. The second-order valence-corrected chi connectivity index (χ2v) is 6.58. The van der Waals surface area contributed by atoms with Crippen LogP contribution in [0.4, 0.5) is 0 Å². The van der Waals surface area contributed by atoms with Crippen molar-refractivity contribution in [3.8, 4) is 0 Å². The Bertz CT molecular complexity index is 586. The van der Waals surface area contributed by atoms with E-state index in [1.165, 1.54) is 29.0 Å². The van der Waals surface area contributed by atoms with Crippen LogP contribution >= 0.6 is 35.3 Å². The Labute approximate surface area is 152 Å². The maximum Gasteiger partial charge on any atom is 0.191 e. The number of hydrogen-bond acceptors (Lipinski definition) is 3. The number of para-hydroxylation sites is 1. The van der Waals surface area contributed by atoms with Crippen LogP contribution in [0, 0.1) is 0 Å². The number of benzene rings is 1. The molecule has 2 heterocycles. The van der Waals surface area contributed by atoms with E-state index in [9.17, 15) is 0 Å². The molecule has 0 spiro atoms. The normalized spacial score (nSPS) is 15.8. The van der Waals surface area contributed by atoms with E-state index in [2.05, 4.69) is 33.1 Å². The van der Waals surface area contributed by atoms with E-state index >= 15 is 0 Å². The highest BCUT2D eigenvalue weighted by Crippen LogP contribution is 2.22. The number of aromatic nitrogens is 1. The molecule has 1 aliphatic heterocycles. The number of likely N-dealkylation sites (tertiary alicyclic amines) is 1. The van der Waals surface area contributed by atoms with Gasteiger partial charge in [0.05, 0.1) is 15.2 Å². The Balaban J connectivity index is 0.00000176. The molecule has 0 unspecified atom stereocenters. The second kappa shape index (κ2) is 8.67. The summed E-state index contributed by atoms with van der Waals surface area (Å²) in [5.74, 6) is 0.721. The number of piperidine rings is 1. The predicted octanol–water partition coefficient (Wildman–Crippen LogP) is 3.65. The standard InChI is InChI=1S/C16H22N4S.HI/c17-16(20-11-4-1-5-12-20)18-10-6-9-15-19-13-7-2-3-8-14(13)21-15;/h2-3,7-8H,1,4-6,9-12H2,(H2,17,18);1H. The SMILES string of the molecule is I.NC(=NCCCc1nc2ccccc2s1)N1CCCCC1. The molecular formula is C16H23IN4S. The minimum atomic E-state index is 0. The first kappa shape index (κ1) is 17.5. The molecule has 1 aromatic carbocycles. The molecule has 120 valence electrons. The first-order chi connectivity index (χ1) is 10.3. The number of hydrogen-bond donors (Lipinski definition) is 1. The van der Waals surface area contributed by atoms with Gasteiger partial charge in [-0.05, 0) is 37.8 Å². The summed E-state index contributed by atoms with van der Waals surface area (Å²) in [4.78, 5) is 11.4. The molecule has 1 saturated heterocycles. The fraction of sp³-hybridized carbons (Fsp3) is 0.500. The molecule has 0 aliphatic carbocycles. The summed E-state index contributed by atoms with van der Waals surface area (Å²) in [5.41, 5.74) is 7.16. The monoisotopic (exact) mass is 430 g/mol. The topological polar surface area (TPSA) is 54.5 Å². The van der Waals surface area contributed by atoms with E-state index in [4.69, 9.17) is 5.73 Å². The fourth-order valence-electron chi connectivity index (χ4n) is 2.67. The van der Waals surface area contributed by atoms with Crippen molar-refractivity contribution < 1.29 is 0 Å². The van der Waals surface area contributed by atoms with Gasteiger partial charge in [-0.2, -0.15) is 0 Å². The number of guanidine groups is 1. The Morgan fingerprint density at radius 1 is 1.23 bits per heavy atom. The molecule has 1 fully saturated rings. The van der Waals surface area contributed by atoms with Gasteiger partial charge >= 0.3 is 0 Å². The molecular weight excluding hydrogens is 407 g/mol. The largest absolute Gasteiger partial charge is 0.370 e. The lowest BCUT2D eigenvalue weighted by atomic mass is 10.1. The third-order valence-corrected chi connectivity index (χ3v) is 4.94. The average Bonchev–Trinajstić information content (AvgIpc) is 2.95. The molecule has 0 bridgehead atoms. The van der Waals surface area contributed by atoms with Gasteiger partial charge in [0.25, 0.3) is 0 Å². The first-order valence-electron chi connectivity index (χ1n) is 7.72. The van der Waals surface area contributed by atoms with E-state index in [0.29, 0.717) is 0 Å². The van der Waals surface area contributed by atoms with E-state index in [1.807, 2.05) is 6.07 Å². The summed E-state index contributed by atoms with van der Waals surface area (Å²) in [6.45, 7) is 2.92. The van der Waals surface area contributed by atoms with Gasteiger partial charge in [0, 0.05) is 26.1 Å². The zero-order valence-corrected chi connectivity index (χ0v) is 15.8. The molecule has 0 amide bonds. The van der Waals surface area contributed by atoms with Crippen LogP contribution in [0.3, 0.4) is 0 Å². The van der Waals surface area contributed by atoms with E-state index in [1.54, 1.807) is 11.3 Å². The van der Waals surface area contributed by atoms with Crippen LogP contribution in [0.25, 0.3) is 10.2 Å². The lowest BCUT2D eigenvalue weighted by molar-refractivity contribution is 0.338. The third-order valence-electron chi connectivity index (χ3n) is 3.84. The highest BCUT2D eigenvalue weighted by atomic mass is 127. The summed E-state index contributed by atoms with van der Waals surface area (Å²) >= 11 is 1.78. The number of fused-ring (bicyclic) bond motifs is 1. The van der Waals surface area contributed by atoms with Crippen molar-refractivity contribution in [2.24, 2.45) is 10.7 Å². The maximum absolute atomic E-state index is 6.05. The lowest BCUT2D eigenvalue weighted by Gasteiger charge is -2.27. The molecule has 2 aromatic rings. The number of aliphatic imine (C=N–C) groups is 1. The molecule has 0 radical (unpaired) electrons. The Morgan fingerprint density at radius 3 is 2.77 bits per heavy atom. The fourth-order valence-corrected chi connectivity index (χ4v) is 3.68. The van der Waals surface area contributed by atoms with Gasteiger partial charge in [-0.1, -0.05) is 12.1 Å². The average molecular weight is 430 g/mol. The molecule has 3 rings (SSSR count). The van der Waals surface area contributed by atoms with E-state index in [0.717, 1.165) is 44.0 Å². The number of halogens is 1. The Kier molecular flexibility index (Phi) is 6.88.